The number of aliphatic imine (C=N–C) groups is 1. The van der Waals surface area contributed by atoms with Gasteiger partial charge in [-0.25, -0.2) is 19.0 Å². The van der Waals surface area contributed by atoms with E-state index in [4.69, 9.17) is 19.3 Å². The lowest BCUT2D eigenvalue weighted by molar-refractivity contribution is -0.139. The van der Waals surface area contributed by atoms with E-state index in [1.54, 1.807) is 18.2 Å². The number of rotatable bonds is 6. The maximum Gasteiger partial charge on any atom is 0.363 e. The average Bonchev–Trinajstić information content (AvgIpc) is 3.01. The van der Waals surface area contributed by atoms with Crippen molar-refractivity contribution in [3.05, 3.63) is 65.1 Å². The first-order chi connectivity index (χ1) is 13.0. The molecule has 138 valence electrons. The number of methoxy groups -OCH3 is 1. The van der Waals surface area contributed by atoms with E-state index in [2.05, 4.69) is 4.99 Å². The first kappa shape index (κ1) is 18.1. The summed E-state index contributed by atoms with van der Waals surface area (Å²) in [5, 5.41) is 8.68. The van der Waals surface area contributed by atoms with Crippen molar-refractivity contribution in [2.45, 2.75) is 0 Å². The average molecular weight is 371 g/mol. The zero-order chi connectivity index (χ0) is 19.4. The summed E-state index contributed by atoms with van der Waals surface area (Å²) in [6.45, 7) is -0.510. The number of hydrogen-bond acceptors (Lipinski definition) is 6. The Morgan fingerprint density at radius 2 is 2.07 bits per heavy atom. The van der Waals surface area contributed by atoms with E-state index < -0.39 is 24.4 Å². The Morgan fingerprint density at radius 3 is 2.78 bits per heavy atom. The number of benzene rings is 2. The smallest absolute Gasteiger partial charge is 0.363 e. The summed E-state index contributed by atoms with van der Waals surface area (Å²) < 4.78 is 28.7. The number of esters is 1. The highest BCUT2D eigenvalue weighted by Crippen LogP contribution is 2.29. The molecule has 0 fully saturated rings. The third kappa shape index (κ3) is 4.30. The predicted octanol–water partition coefficient (Wildman–Crippen LogP) is 2.64. The van der Waals surface area contributed by atoms with Crippen molar-refractivity contribution in [3.8, 4) is 11.5 Å². The molecule has 1 N–H and O–H groups in total. The molecule has 0 unspecified atom stereocenters. The van der Waals surface area contributed by atoms with Crippen molar-refractivity contribution < 1.29 is 33.3 Å². The molecule has 1 heterocycles. The molecule has 7 nitrogen and oxygen atoms in total. The van der Waals surface area contributed by atoms with E-state index in [1.807, 2.05) is 0 Å². The van der Waals surface area contributed by atoms with Gasteiger partial charge in [0.2, 0.25) is 5.90 Å². The summed E-state index contributed by atoms with van der Waals surface area (Å²) in [7, 11) is 1.41. The van der Waals surface area contributed by atoms with Gasteiger partial charge in [-0.15, -0.1) is 0 Å². The van der Waals surface area contributed by atoms with Gasteiger partial charge in [-0.05, 0) is 42.0 Å². The van der Waals surface area contributed by atoms with Crippen LogP contribution < -0.4 is 9.47 Å². The zero-order valence-electron chi connectivity index (χ0n) is 14.1. The lowest BCUT2D eigenvalue weighted by Gasteiger charge is -2.09. The number of cyclic esters (lactones) is 1. The molecule has 0 saturated heterocycles. The van der Waals surface area contributed by atoms with Crippen molar-refractivity contribution >= 4 is 23.9 Å². The molecular formula is C19H14FNO6. The third-order valence-electron chi connectivity index (χ3n) is 3.53. The fraction of sp³-hybridized carbons (Fsp3) is 0.105. The van der Waals surface area contributed by atoms with Gasteiger partial charge in [-0.3, -0.25) is 0 Å². The first-order valence-electron chi connectivity index (χ1n) is 7.77. The Morgan fingerprint density at radius 1 is 1.26 bits per heavy atom. The number of carboxylic acids is 1. The topological polar surface area (TPSA) is 94.4 Å². The van der Waals surface area contributed by atoms with Crippen LogP contribution in [-0.2, 0) is 14.3 Å². The molecule has 0 atom stereocenters. The Kier molecular flexibility index (Phi) is 5.16. The monoisotopic (exact) mass is 371 g/mol. The second kappa shape index (κ2) is 7.69. The molecule has 1 aliphatic heterocycles. The fourth-order valence-electron chi connectivity index (χ4n) is 2.34. The molecule has 2 aromatic carbocycles. The highest BCUT2D eigenvalue weighted by Gasteiger charge is 2.24. The van der Waals surface area contributed by atoms with Gasteiger partial charge in [-0.2, -0.15) is 0 Å². The van der Waals surface area contributed by atoms with Crippen molar-refractivity contribution in [2.75, 3.05) is 13.7 Å². The second-order valence-electron chi connectivity index (χ2n) is 5.44. The molecule has 0 bridgehead atoms. The molecule has 0 aromatic heterocycles. The number of ether oxygens (including phenoxy) is 3. The lowest BCUT2D eigenvalue weighted by atomic mass is 10.1. The molecule has 0 aliphatic carbocycles. The lowest BCUT2D eigenvalue weighted by Crippen LogP contribution is -2.10. The minimum atomic E-state index is -1.11. The normalized spacial score (nSPS) is 14.7. The van der Waals surface area contributed by atoms with Crippen LogP contribution in [-0.4, -0.2) is 36.7 Å². The number of carbonyl (C=O) groups is 2. The highest BCUT2D eigenvalue weighted by atomic mass is 19.1. The Labute approximate surface area is 153 Å². The number of nitrogens with zero attached hydrogens (tertiary/aromatic N) is 1. The highest BCUT2D eigenvalue weighted by molar-refractivity contribution is 6.12. The van der Waals surface area contributed by atoms with Gasteiger partial charge in [0.25, 0.3) is 0 Å². The van der Waals surface area contributed by atoms with Crippen LogP contribution in [0.15, 0.2) is 53.2 Å². The summed E-state index contributed by atoms with van der Waals surface area (Å²) in [6.07, 6.45) is 1.47. The van der Waals surface area contributed by atoms with E-state index in [0.717, 1.165) is 0 Å². The van der Waals surface area contributed by atoms with Crippen LogP contribution in [0.1, 0.15) is 11.1 Å². The number of hydrogen-bond donors (Lipinski definition) is 1. The van der Waals surface area contributed by atoms with Gasteiger partial charge in [0.1, 0.15) is 5.82 Å². The summed E-state index contributed by atoms with van der Waals surface area (Å²) in [4.78, 5) is 26.7. The summed E-state index contributed by atoms with van der Waals surface area (Å²) in [5.74, 6) is -1.69. The quantitative estimate of drug-likeness (QED) is 0.620. The van der Waals surface area contributed by atoms with Crippen LogP contribution in [0.2, 0.25) is 0 Å². The number of carboxylic acid groups (broad SMARTS) is 1. The van der Waals surface area contributed by atoms with E-state index >= 15 is 0 Å². The molecule has 1 aliphatic rings. The van der Waals surface area contributed by atoms with Gasteiger partial charge in [0, 0.05) is 5.56 Å². The molecule has 8 heteroatoms. The number of carbonyl (C=O) groups excluding carboxylic acids is 1. The minimum Gasteiger partial charge on any atom is -0.493 e. The minimum absolute atomic E-state index is 0.0131. The van der Waals surface area contributed by atoms with Crippen molar-refractivity contribution in [1.82, 2.24) is 0 Å². The van der Waals surface area contributed by atoms with Crippen molar-refractivity contribution in [2.24, 2.45) is 4.99 Å². The van der Waals surface area contributed by atoms with Crippen LogP contribution in [0.5, 0.6) is 11.5 Å². The SMILES string of the molecule is COc1cc(C=C2N=C(c3cccc(F)c3)OC2=O)ccc1OCC(=O)O. The van der Waals surface area contributed by atoms with Gasteiger partial charge >= 0.3 is 11.9 Å². The van der Waals surface area contributed by atoms with Crippen LogP contribution in [0.25, 0.3) is 6.08 Å². The largest absolute Gasteiger partial charge is 0.493 e. The van der Waals surface area contributed by atoms with Crippen molar-refractivity contribution in [1.29, 1.82) is 0 Å². The Hall–Kier alpha value is -3.68. The standard InChI is InChI=1S/C19H14FNO6/c1-25-16-8-11(5-6-15(16)26-10-17(22)23)7-14-19(24)27-18(21-14)12-3-2-4-13(20)9-12/h2-9H,10H2,1H3,(H,22,23). The fourth-order valence-corrected chi connectivity index (χ4v) is 2.34. The maximum absolute atomic E-state index is 13.3. The van der Waals surface area contributed by atoms with Gasteiger partial charge < -0.3 is 19.3 Å². The maximum atomic E-state index is 13.3. The summed E-state index contributed by atoms with van der Waals surface area (Å²) in [6, 6.07) is 10.2. The van der Waals surface area contributed by atoms with E-state index in [-0.39, 0.29) is 17.3 Å². The van der Waals surface area contributed by atoms with Crippen LogP contribution in [0, 0.1) is 5.82 Å². The molecule has 2 aromatic rings. The molecular weight excluding hydrogens is 357 g/mol. The van der Waals surface area contributed by atoms with Gasteiger partial charge in [-0.1, -0.05) is 12.1 Å². The number of halogens is 1. The molecule has 0 amide bonds. The Bertz CT molecular complexity index is 966. The summed E-state index contributed by atoms with van der Waals surface area (Å²) >= 11 is 0. The van der Waals surface area contributed by atoms with Gasteiger partial charge in [0.05, 0.1) is 7.11 Å². The van der Waals surface area contributed by atoms with Crippen LogP contribution in [0.3, 0.4) is 0 Å². The van der Waals surface area contributed by atoms with E-state index in [9.17, 15) is 14.0 Å². The molecule has 0 radical (unpaired) electrons. The van der Waals surface area contributed by atoms with Crippen LogP contribution >= 0.6 is 0 Å². The molecule has 0 spiro atoms. The number of aliphatic carboxylic acids is 1. The van der Waals surface area contributed by atoms with Crippen molar-refractivity contribution in [3.63, 3.8) is 0 Å². The molecule has 3 rings (SSSR count). The van der Waals surface area contributed by atoms with Crippen LogP contribution in [0.4, 0.5) is 4.39 Å². The Balaban J connectivity index is 1.87. The summed E-state index contributed by atoms with van der Waals surface area (Å²) in [5.41, 5.74) is 0.947. The third-order valence-corrected chi connectivity index (χ3v) is 3.53. The molecule has 27 heavy (non-hydrogen) atoms. The van der Waals surface area contributed by atoms with E-state index in [1.165, 1.54) is 37.5 Å². The zero-order valence-corrected chi connectivity index (χ0v) is 14.1. The van der Waals surface area contributed by atoms with Gasteiger partial charge in [0.15, 0.2) is 23.8 Å². The molecule has 0 saturated carbocycles. The van der Waals surface area contributed by atoms with E-state index in [0.29, 0.717) is 16.9 Å². The first-order valence-corrected chi connectivity index (χ1v) is 7.77. The predicted molar refractivity (Wildman–Crippen MR) is 93.1 cm³/mol. The second-order valence-corrected chi connectivity index (χ2v) is 5.44.